The van der Waals surface area contributed by atoms with Crippen LogP contribution >= 0.6 is 11.6 Å². The zero-order valence-corrected chi connectivity index (χ0v) is 51.2. The average molecular weight is 1270 g/mol. The van der Waals surface area contributed by atoms with E-state index in [1.807, 2.05) is 0 Å². The molecule has 0 unspecified atom stereocenters. The number of aromatic nitrogens is 2. The molecule has 29 heteroatoms. The van der Waals surface area contributed by atoms with Crippen LogP contribution in [0.2, 0.25) is 0 Å². The summed E-state index contributed by atoms with van der Waals surface area (Å²) in [4.78, 5) is 139. The third-order valence-corrected chi connectivity index (χ3v) is 15.1. The minimum atomic E-state index is -1.15. The molecule has 0 radical (unpaired) electrons. The van der Waals surface area contributed by atoms with Crippen molar-refractivity contribution in [2.45, 2.75) is 51.3 Å². The van der Waals surface area contributed by atoms with Gasteiger partial charge in [0.2, 0.25) is 11.8 Å². The van der Waals surface area contributed by atoms with Crippen LogP contribution < -0.4 is 46.7 Å². The highest BCUT2D eigenvalue weighted by molar-refractivity contribution is 6.19. The molecule has 91 heavy (non-hydrogen) atoms. The predicted octanol–water partition coefficient (Wildman–Crippen LogP) is 5.70. The number of imidazole rings is 1. The van der Waals surface area contributed by atoms with Gasteiger partial charge < -0.3 is 80.2 Å². The van der Waals surface area contributed by atoms with Crippen LogP contribution in [0, 0.1) is 5.92 Å². The van der Waals surface area contributed by atoms with Gasteiger partial charge in [0, 0.05) is 105 Å². The first-order chi connectivity index (χ1) is 43.6. The lowest BCUT2D eigenvalue weighted by atomic mass is 9.94. The molecule has 0 aliphatic carbocycles. The Balaban J connectivity index is 0.834. The topological polar surface area (TPSA) is 354 Å². The van der Waals surface area contributed by atoms with Crippen molar-refractivity contribution in [3.63, 3.8) is 0 Å². The van der Waals surface area contributed by atoms with Crippen LogP contribution in [0.3, 0.4) is 0 Å². The van der Waals surface area contributed by atoms with Crippen LogP contribution in [0.15, 0.2) is 109 Å². The number of benzene rings is 4. The molecule has 2 aliphatic heterocycles. The number of alkyl carbamates (subject to hydrolysis) is 1. The first-order valence-electron chi connectivity index (χ1n) is 28.8. The average Bonchev–Trinajstić information content (AvgIpc) is 1.66. The molecule has 4 aromatic carbocycles. The Morgan fingerprint density at radius 3 is 2.19 bits per heavy atom. The van der Waals surface area contributed by atoms with Gasteiger partial charge in [0.1, 0.15) is 53.9 Å². The molecule has 2 aromatic heterocycles. The third kappa shape index (κ3) is 17.0. The Morgan fingerprint density at radius 1 is 0.802 bits per heavy atom. The molecule has 2 aliphatic rings. The predicted molar refractivity (Wildman–Crippen MR) is 332 cm³/mol. The minimum absolute atomic E-state index is 0.0102. The summed E-state index contributed by atoms with van der Waals surface area (Å²) in [5.74, 6) is -3.17. The van der Waals surface area contributed by atoms with E-state index in [0.29, 0.717) is 55.9 Å². The van der Waals surface area contributed by atoms with E-state index in [9.17, 15) is 53.1 Å². The molecule has 0 fully saturated rings. The fraction of sp³-hybridized carbons (Fsp3) is 0.339. The number of phenolic OH excluding ortho intramolecular Hbond substituents is 1. The van der Waals surface area contributed by atoms with Gasteiger partial charge in [-0.2, -0.15) is 0 Å². The minimum Gasteiger partial charge on any atom is -0.508 e. The van der Waals surface area contributed by atoms with Gasteiger partial charge in [-0.1, -0.05) is 38.1 Å². The van der Waals surface area contributed by atoms with E-state index in [1.165, 1.54) is 60.2 Å². The van der Waals surface area contributed by atoms with E-state index in [4.69, 9.17) is 41.0 Å². The van der Waals surface area contributed by atoms with Crippen molar-refractivity contribution in [1.29, 1.82) is 0 Å². The molecule has 0 saturated heterocycles. The number of methoxy groups -OCH3 is 1. The van der Waals surface area contributed by atoms with Crippen LogP contribution in [-0.4, -0.2) is 181 Å². The van der Waals surface area contributed by atoms with Gasteiger partial charge in [-0.3, -0.25) is 33.7 Å². The van der Waals surface area contributed by atoms with E-state index in [1.54, 1.807) is 91.3 Å². The fourth-order valence-electron chi connectivity index (χ4n) is 9.84. The molecule has 0 spiro atoms. The van der Waals surface area contributed by atoms with Crippen molar-refractivity contribution in [2.24, 2.45) is 11.7 Å². The van der Waals surface area contributed by atoms with Crippen molar-refractivity contribution in [3.8, 4) is 17.2 Å². The highest BCUT2D eigenvalue weighted by Crippen LogP contribution is 2.49. The summed E-state index contributed by atoms with van der Waals surface area (Å²) < 4.78 is 29.6. The second-order valence-corrected chi connectivity index (χ2v) is 21.8. The van der Waals surface area contributed by atoms with E-state index in [0.717, 1.165) is 17.1 Å². The van der Waals surface area contributed by atoms with Gasteiger partial charge in [0.15, 0.2) is 0 Å². The number of nitrogens with zero attached hydrogens (tertiary/aromatic N) is 6. The fourth-order valence-corrected chi connectivity index (χ4v) is 10.1. The maximum atomic E-state index is 14.5. The highest BCUT2D eigenvalue weighted by Gasteiger charge is 2.38. The summed E-state index contributed by atoms with van der Waals surface area (Å²) in [5.41, 5.74) is 8.51. The first kappa shape index (κ1) is 66.5. The zero-order valence-electron chi connectivity index (χ0n) is 50.4. The van der Waals surface area contributed by atoms with E-state index >= 15 is 0 Å². The van der Waals surface area contributed by atoms with Crippen molar-refractivity contribution < 1.29 is 76.7 Å². The number of nitrogens with two attached hydrogens (primary N) is 1. The van der Waals surface area contributed by atoms with Crippen LogP contribution in [0.5, 0.6) is 17.2 Å². The summed E-state index contributed by atoms with van der Waals surface area (Å²) >= 11 is 6.60. The first-order valence-corrected chi connectivity index (χ1v) is 29.4. The number of fused-ring (bicyclic) bond motifs is 4. The number of anilines is 3. The van der Waals surface area contributed by atoms with Gasteiger partial charge in [-0.05, 0) is 84.5 Å². The Kier molecular flexibility index (Phi) is 22.4. The molecular weight excluding hydrogens is 1200 g/mol. The number of carbonyl (C=O) groups is 10. The SMILES string of the molecule is COc1cccc2c(OC(=O)N(C)CCN(C)C(=O)OCc3ccc(NC(=O)[C@H](CCCNC(N)=O)NC(=O)[C@@H](NC(=O)OCCOCCN4C(=O)C=CC4=O)C(C)C)cc3)cc3c(c12)[C@H](CCl)CN3C(=O)c1cn2cc(NC(=O)c3ccc(O)cc3)ccc2n1. The van der Waals surface area contributed by atoms with Crippen molar-refractivity contribution in [2.75, 3.05) is 95.2 Å². The molecule has 480 valence electrons. The Morgan fingerprint density at radius 2 is 1.51 bits per heavy atom. The zero-order chi connectivity index (χ0) is 65.5. The third-order valence-electron chi connectivity index (χ3n) is 14.7. The Bertz CT molecular complexity index is 3730. The van der Waals surface area contributed by atoms with E-state index < -0.39 is 77.8 Å². The smallest absolute Gasteiger partial charge is 0.415 e. The van der Waals surface area contributed by atoms with Crippen LogP contribution in [-0.2, 0) is 40.0 Å². The second kappa shape index (κ2) is 30.6. The standard InChI is InChI=1S/C62H69ClN12O16/c1-36(2)54(70-60(84)89-29-28-88-27-26-74-50(77)21-22-51(74)78)57(81)69-44(9-7-23-65-59(64)83)56(80)66-40-15-11-37(12-16-40)35-90-61(85)71(3)24-25-72(4)62(86)91-48-30-46-52(53-43(48)8-6-10-47(53)87-5)39(31-63)32-75(46)58(82)45-34-73-33-41(17-20-49(73)68-45)67-55(79)38-13-18-42(76)19-14-38/h6,8,10-22,30,33-34,36,39,44,54,76H,7,9,23-29,31-32,35H2,1-5H3,(H,66,80)(H,67,79)(H,69,81)(H,70,84)(H3,64,65,83)/t39-,44+,54+/m1/s1. The molecular formula is C62H69ClN12O16. The monoisotopic (exact) mass is 1270 g/mol. The number of rotatable bonds is 27. The number of likely N-dealkylation sites (N-methyl/N-ethyl adjacent to an activating group) is 2. The summed E-state index contributed by atoms with van der Waals surface area (Å²) in [6.07, 6.45) is 3.34. The number of nitrogens with one attached hydrogen (secondary N) is 5. The maximum Gasteiger partial charge on any atom is 0.415 e. The number of primary amides is 1. The van der Waals surface area contributed by atoms with Crippen LogP contribution in [0.25, 0.3) is 16.4 Å². The number of pyridine rings is 1. The summed E-state index contributed by atoms with van der Waals surface area (Å²) in [5, 5.41) is 23.9. The van der Waals surface area contributed by atoms with Gasteiger partial charge in [0.05, 0.1) is 38.2 Å². The van der Waals surface area contributed by atoms with Crippen molar-refractivity contribution in [3.05, 3.63) is 132 Å². The lowest BCUT2D eigenvalue weighted by molar-refractivity contribution is -0.137. The Labute approximate surface area is 526 Å². The number of amides is 11. The molecule has 6 aromatic rings. The number of phenols is 1. The molecule has 8 rings (SSSR count). The van der Waals surface area contributed by atoms with Crippen LogP contribution in [0.4, 0.5) is 36.2 Å². The summed E-state index contributed by atoms with van der Waals surface area (Å²) in [6.45, 7) is 3.26. The number of urea groups is 1. The normalized spacial score (nSPS) is 13.9. The van der Waals surface area contributed by atoms with Crippen LogP contribution in [0.1, 0.15) is 64.6 Å². The summed E-state index contributed by atoms with van der Waals surface area (Å²) in [7, 11) is 4.50. The van der Waals surface area contributed by atoms with Gasteiger partial charge in [0.25, 0.3) is 23.6 Å². The lowest BCUT2D eigenvalue weighted by Gasteiger charge is -2.25. The number of carbonyl (C=O) groups excluding carboxylic acids is 10. The lowest BCUT2D eigenvalue weighted by Crippen LogP contribution is -2.54. The van der Waals surface area contributed by atoms with Gasteiger partial charge in [-0.15, -0.1) is 11.6 Å². The Hall–Kier alpha value is -10.5. The molecule has 28 nitrogen and oxygen atoms in total. The summed E-state index contributed by atoms with van der Waals surface area (Å²) in [6, 6.07) is 19.3. The maximum absolute atomic E-state index is 14.5. The number of alkyl halides is 1. The van der Waals surface area contributed by atoms with Crippen molar-refractivity contribution >= 4 is 105 Å². The highest BCUT2D eigenvalue weighted by atomic mass is 35.5. The number of ether oxygens (including phenoxy) is 5. The molecule has 4 heterocycles. The molecule has 11 amide bonds. The number of halogens is 1. The van der Waals surface area contributed by atoms with E-state index in [-0.39, 0.29) is 101 Å². The molecule has 0 bridgehead atoms. The molecule has 8 N–H and O–H groups in total. The largest absolute Gasteiger partial charge is 0.508 e. The van der Waals surface area contributed by atoms with Crippen molar-refractivity contribution in [1.82, 2.24) is 40.0 Å². The quantitative estimate of drug-likeness (QED) is 0.0185. The number of imide groups is 1. The second-order valence-electron chi connectivity index (χ2n) is 21.5. The van der Waals surface area contributed by atoms with E-state index in [2.05, 4.69) is 31.6 Å². The number of aromatic hydroxyl groups is 1. The van der Waals surface area contributed by atoms with Gasteiger partial charge >= 0.3 is 24.3 Å². The number of hydrogen-bond acceptors (Lipinski definition) is 17. The number of hydrogen-bond donors (Lipinski definition) is 7. The molecule has 3 atom stereocenters. The molecule has 0 saturated carbocycles. The van der Waals surface area contributed by atoms with Gasteiger partial charge in [-0.25, -0.2) is 24.2 Å².